The molecular weight excluding hydrogens is 178 g/mol. The van der Waals surface area contributed by atoms with Crippen LogP contribution in [0.4, 0.5) is 0 Å². The topological polar surface area (TPSA) is 52.3 Å². The summed E-state index contributed by atoms with van der Waals surface area (Å²) in [5, 5.41) is 0. The third kappa shape index (κ3) is 1.62. The SMILES string of the molecule is NC1=CC(c2ccccc2)C(=O)CO1. The maximum absolute atomic E-state index is 11.5. The highest BCUT2D eigenvalue weighted by atomic mass is 16.5. The molecule has 72 valence electrons. The van der Waals surface area contributed by atoms with E-state index in [9.17, 15) is 4.79 Å². The smallest absolute Gasteiger partial charge is 0.181 e. The van der Waals surface area contributed by atoms with Gasteiger partial charge in [-0.3, -0.25) is 4.79 Å². The molecule has 2 rings (SSSR count). The highest BCUT2D eigenvalue weighted by Crippen LogP contribution is 2.22. The lowest BCUT2D eigenvalue weighted by Gasteiger charge is -2.18. The van der Waals surface area contributed by atoms with Crippen molar-refractivity contribution >= 4 is 5.78 Å². The van der Waals surface area contributed by atoms with E-state index in [1.54, 1.807) is 6.08 Å². The van der Waals surface area contributed by atoms with Gasteiger partial charge in [0, 0.05) is 0 Å². The first-order valence-corrected chi connectivity index (χ1v) is 4.45. The molecule has 0 amide bonds. The molecule has 1 aromatic carbocycles. The molecule has 2 N–H and O–H groups in total. The number of Topliss-reactive ketones (excluding diaryl/α,β-unsaturated/α-hetero) is 1. The van der Waals surface area contributed by atoms with Gasteiger partial charge in [0.25, 0.3) is 0 Å². The summed E-state index contributed by atoms with van der Waals surface area (Å²) in [6.45, 7) is 0.0713. The van der Waals surface area contributed by atoms with Crippen molar-refractivity contribution in [1.29, 1.82) is 0 Å². The van der Waals surface area contributed by atoms with E-state index in [4.69, 9.17) is 10.5 Å². The van der Waals surface area contributed by atoms with Crippen LogP contribution in [0.1, 0.15) is 11.5 Å². The predicted octanol–water partition coefficient (Wildman–Crippen LogP) is 1.17. The minimum atomic E-state index is -0.245. The van der Waals surface area contributed by atoms with Gasteiger partial charge in [-0.1, -0.05) is 30.3 Å². The third-order valence-electron chi connectivity index (χ3n) is 2.22. The van der Waals surface area contributed by atoms with Crippen molar-refractivity contribution in [2.45, 2.75) is 5.92 Å². The van der Waals surface area contributed by atoms with Gasteiger partial charge in [0.15, 0.2) is 11.7 Å². The predicted molar refractivity (Wildman–Crippen MR) is 52.4 cm³/mol. The van der Waals surface area contributed by atoms with Crippen LogP contribution in [0.2, 0.25) is 0 Å². The number of rotatable bonds is 1. The quantitative estimate of drug-likeness (QED) is 0.721. The Morgan fingerprint density at radius 3 is 2.71 bits per heavy atom. The van der Waals surface area contributed by atoms with Gasteiger partial charge < -0.3 is 10.5 Å². The normalized spacial score (nSPS) is 21.3. The van der Waals surface area contributed by atoms with Crippen LogP contribution in [-0.4, -0.2) is 12.4 Å². The first kappa shape index (κ1) is 8.81. The second-order valence-electron chi connectivity index (χ2n) is 3.21. The maximum atomic E-state index is 11.5. The Balaban J connectivity index is 2.34. The molecule has 1 aliphatic heterocycles. The fraction of sp³-hybridized carbons (Fsp3) is 0.182. The molecule has 0 aromatic heterocycles. The molecule has 0 spiro atoms. The third-order valence-corrected chi connectivity index (χ3v) is 2.22. The van der Waals surface area contributed by atoms with Crippen molar-refractivity contribution in [3.63, 3.8) is 0 Å². The first-order chi connectivity index (χ1) is 6.77. The number of hydrogen-bond donors (Lipinski definition) is 1. The van der Waals surface area contributed by atoms with Crippen molar-refractivity contribution in [2.24, 2.45) is 5.73 Å². The molecular formula is C11H11NO2. The van der Waals surface area contributed by atoms with Gasteiger partial charge >= 0.3 is 0 Å². The molecule has 0 bridgehead atoms. The summed E-state index contributed by atoms with van der Waals surface area (Å²) in [6, 6.07) is 9.56. The van der Waals surface area contributed by atoms with Gasteiger partial charge in [0.2, 0.25) is 0 Å². The van der Waals surface area contributed by atoms with Crippen LogP contribution in [0.5, 0.6) is 0 Å². The van der Waals surface area contributed by atoms with Gasteiger partial charge in [-0.15, -0.1) is 0 Å². The molecule has 1 atom stereocenters. The summed E-state index contributed by atoms with van der Waals surface area (Å²) >= 11 is 0. The monoisotopic (exact) mass is 189 g/mol. The minimum absolute atomic E-state index is 0.0467. The molecule has 0 saturated heterocycles. The standard InChI is InChI=1S/C11H11NO2/c12-11-6-9(10(13)7-14-11)8-4-2-1-3-5-8/h1-6,9H,7,12H2. The van der Waals surface area contributed by atoms with Crippen LogP contribution in [0.15, 0.2) is 42.3 Å². The van der Waals surface area contributed by atoms with E-state index in [-0.39, 0.29) is 18.3 Å². The van der Waals surface area contributed by atoms with Crippen molar-refractivity contribution in [1.82, 2.24) is 0 Å². The van der Waals surface area contributed by atoms with Crippen LogP contribution in [-0.2, 0) is 9.53 Å². The molecule has 14 heavy (non-hydrogen) atoms. The van der Waals surface area contributed by atoms with Gasteiger partial charge in [-0.2, -0.15) is 0 Å². The van der Waals surface area contributed by atoms with E-state index >= 15 is 0 Å². The molecule has 1 unspecified atom stereocenters. The van der Waals surface area contributed by atoms with Gasteiger partial charge in [0.1, 0.15) is 6.61 Å². The summed E-state index contributed by atoms with van der Waals surface area (Å²) in [7, 11) is 0. The van der Waals surface area contributed by atoms with Gasteiger partial charge in [-0.05, 0) is 11.6 Å². The van der Waals surface area contributed by atoms with Crippen LogP contribution >= 0.6 is 0 Å². The number of ether oxygens (including phenoxy) is 1. The second kappa shape index (κ2) is 3.54. The average Bonchev–Trinajstić information content (AvgIpc) is 2.23. The number of ketones is 1. The first-order valence-electron chi connectivity index (χ1n) is 4.45. The zero-order valence-corrected chi connectivity index (χ0v) is 7.64. The molecule has 1 aliphatic rings. The Hall–Kier alpha value is -1.77. The van der Waals surface area contributed by atoms with E-state index < -0.39 is 0 Å². The molecule has 1 heterocycles. The fourth-order valence-corrected chi connectivity index (χ4v) is 1.49. The number of hydrogen-bond acceptors (Lipinski definition) is 3. The lowest BCUT2D eigenvalue weighted by Crippen LogP contribution is -2.24. The molecule has 0 fully saturated rings. The Morgan fingerprint density at radius 1 is 1.29 bits per heavy atom. The largest absolute Gasteiger partial charge is 0.472 e. The molecule has 1 aromatic rings. The highest BCUT2D eigenvalue weighted by molar-refractivity contribution is 5.89. The van der Waals surface area contributed by atoms with Crippen LogP contribution in [0, 0.1) is 0 Å². The lowest BCUT2D eigenvalue weighted by atomic mass is 9.94. The average molecular weight is 189 g/mol. The number of carbonyl (C=O) groups excluding carboxylic acids is 1. The van der Waals surface area contributed by atoms with Crippen LogP contribution in [0.25, 0.3) is 0 Å². The Labute approximate surface area is 82.2 Å². The fourth-order valence-electron chi connectivity index (χ4n) is 1.49. The molecule has 0 radical (unpaired) electrons. The van der Waals surface area contributed by atoms with Gasteiger partial charge in [-0.25, -0.2) is 0 Å². The van der Waals surface area contributed by atoms with Crippen molar-refractivity contribution in [3.8, 4) is 0 Å². The Morgan fingerprint density at radius 2 is 2.00 bits per heavy atom. The molecule has 3 heteroatoms. The summed E-state index contributed by atoms with van der Waals surface area (Å²) in [4.78, 5) is 11.5. The van der Waals surface area contributed by atoms with E-state index in [2.05, 4.69) is 0 Å². The maximum Gasteiger partial charge on any atom is 0.181 e. The summed E-state index contributed by atoms with van der Waals surface area (Å²) in [6.07, 6.45) is 1.65. The van der Waals surface area contributed by atoms with Gasteiger partial charge in [0.05, 0.1) is 5.92 Å². The lowest BCUT2D eigenvalue weighted by molar-refractivity contribution is -0.124. The van der Waals surface area contributed by atoms with E-state index in [0.29, 0.717) is 5.88 Å². The zero-order valence-electron chi connectivity index (χ0n) is 7.64. The number of nitrogens with two attached hydrogens (primary N) is 1. The minimum Gasteiger partial charge on any atom is -0.472 e. The van der Waals surface area contributed by atoms with E-state index in [0.717, 1.165) is 5.56 Å². The number of carbonyl (C=O) groups is 1. The number of allylic oxidation sites excluding steroid dienone is 1. The van der Waals surface area contributed by atoms with Crippen LogP contribution < -0.4 is 5.73 Å². The Kier molecular flexibility index (Phi) is 2.23. The zero-order chi connectivity index (χ0) is 9.97. The molecule has 0 saturated carbocycles. The summed E-state index contributed by atoms with van der Waals surface area (Å²) < 4.78 is 4.93. The van der Waals surface area contributed by atoms with Crippen molar-refractivity contribution in [2.75, 3.05) is 6.61 Å². The summed E-state index contributed by atoms with van der Waals surface area (Å²) in [5.74, 6) is 0.133. The Bertz CT molecular complexity index is 370. The molecule has 0 aliphatic carbocycles. The second-order valence-corrected chi connectivity index (χ2v) is 3.21. The van der Waals surface area contributed by atoms with E-state index in [1.807, 2.05) is 30.3 Å². The van der Waals surface area contributed by atoms with Crippen molar-refractivity contribution < 1.29 is 9.53 Å². The van der Waals surface area contributed by atoms with E-state index in [1.165, 1.54) is 0 Å². The van der Waals surface area contributed by atoms with Crippen molar-refractivity contribution in [3.05, 3.63) is 47.9 Å². The summed E-state index contributed by atoms with van der Waals surface area (Å²) in [5.41, 5.74) is 6.47. The molecule has 3 nitrogen and oxygen atoms in total. The number of benzene rings is 1. The highest BCUT2D eigenvalue weighted by Gasteiger charge is 2.23. The van der Waals surface area contributed by atoms with Crippen LogP contribution in [0.3, 0.4) is 0 Å².